The van der Waals surface area contributed by atoms with Crippen LogP contribution in [0.25, 0.3) is 0 Å². The van der Waals surface area contributed by atoms with Gasteiger partial charge in [-0.1, -0.05) is 27.2 Å². The first-order valence-electron chi connectivity index (χ1n) is 4.53. The highest BCUT2D eigenvalue weighted by Gasteiger charge is 2.45. The Bertz CT molecular complexity index is 200. The van der Waals surface area contributed by atoms with Gasteiger partial charge in [-0.3, -0.25) is 9.59 Å². The molecule has 0 rings (SSSR count). The largest absolute Gasteiger partial charge is 0.369 e. The molecule has 4 nitrogen and oxygen atoms in total. The van der Waals surface area contributed by atoms with Crippen LogP contribution in [0.4, 0.5) is 0 Å². The smallest absolute Gasteiger partial charge is 0.233 e. The molecular formula is C9H18N2O2. The summed E-state index contributed by atoms with van der Waals surface area (Å²) in [4.78, 5) is 22.4. The lowest BCUT2D eigenvalue weighted by Crippen LogP contribution is -2.51. The molecule has 76 valence electrons. The minimum atomic E-state index is -1.17. The van der Waals surface area contributed by atoms with Crippen LogP contribution >= 0.6 is 0 Å². The zero-order valence-corrected chi connectivity index (χ0v) is 8.46. The van der Waals surface area contributed by atoms with E-state index in [0.29, 0.717) is 12.8 Å². The second kappa shape index (κ2) is 4.25. The lowest BCUT2D eigenvalue weighted by molar-refractivity contribution is -0.143. The molecular weight excluding hydrogens is 168 g/mol. The quantitative estimate of drug-likeness (QED) is 0.609. The van der Waals surface area contributed by atoms with E-state index >= 15 is 0 Å². The lowest BCUT2D eigenvalue weighted by Gasteiger charge is -2.31. The number of carbonyl (C=O) groups is 2. The fourth-order valence-electron chi connectivity index (χ4n) is 1.65. The topological polar surface area (TPSA) is 86.2 Å². The Morgan fingerprint density at radius 2 is 1.62 bits per heavy atom. The number of carbonyl (C=O) groups excluding carboxylic acids is 2. The molecule has 0 spiro atoms. The van der Waals surface area contributed by atoms with E-state index in [2.05, 4.69) is 0 Å². The third-order valence-corrected chi connectivity index (χ3v) is 2.89. The Balaban J connectivity index is 5.10. The van der Waals surface area contributed by atoms with Gasteiger partial charge in [0.15, 0.2) is 0 Å². The van der Waals surface area contributed by atoms with Crippen LogP contribution < -0.4 is 11.5 Å². The average molecular weight is 186 g/mol. The van der Waals surface area contributed by atoms with Gasteiger partial charge in [0.1, 0.15) is 5.41 Å². The molecule has 4 N–H and O–H groups in total. The van der Waals surface area contributed by atoms with Crippen molar-refractivity contribution in [3.05, 3.63) is 0 Å². The van der Waals surface area contributed by atoms with E-state index in [4.69, 9.17) is 11.5 Å². The summed E-state index contributed by atoms with van der Waals surface area (Å²) >= 11 is 0. The molecule has 0 aliphatic rings. The van der Waals surface area contributed by atoms with Gasteiger partial charge in [0, 0.05) is 0 Å². The number of amides is 2. The van der Waals surface area contributed by atoms with Crippen LogP contribution in [0.3, 0.4) is 0 Å². The fraction of sp³-hybridized carbons (Fsp3) is 0.778. The molecule has 0 aromatic carbocycles. The van der Waals surface area contributed by atoms with Crippen LogP contribution in [-0.2, 0) is 9.59 Å². The van der Waals surface area contributed by atoms with Crippen LogP contribution in [0, 0.1) is 11.3 Å². The molecule has 0 saturated heterocycles. The van der Waals surface area contributed by atoms with Crippen molar-refractivity contribution >= 4 is 11.8 Å². The van der Waals surface area contributed by atoms with E-state index in [9.17, 15) is 9.59 Å². The fourth-order valence-corrected chi connectivity index (χ4v) is 1.65. The van der Waals surface area contributed by atoms with E-state index in [0.717, 1.165) is 0 Å². The predicted octanol–water partition coefficient (Wildman–Crippen LogP) is 0.399. The van der Waals surface area contributed by atoms with Gasteiger partial charge in [0.05, 0.1) is 0 Å². The summed E-state index contributed by atoms with van der Waals surface area (Å²) in [6.45, 7) is 5.47. The van der Waals surface area contributed by atoms with Crippen molar-refractivity contribution in [2.24, 2.45) is 22.8 Å². The number of hydrogen-bond acceptors (Lipinski definition) is 2. The first-order valence-corrected chi connectivity index (χ1v) is 4.53. The van der Waals surface area contributed by atoms with Crippen molar-refractivity contribution < 1.29 is 9.59 Å². The molecule has 0 aliphatic carbocycles. The van der Waals surface area contributed by atoms with E-state index in [1.807, 2.05) is 13.8 Å². The van der Waals surface area contributed by atoms with Crippen LogP contribution in [-0.4, -0.2) is 11.8 Å². The number of nitrogens with two attached hydrogens (primary N) is 2. The molecule has 0 radical (unpaired) electrons. The predicted molar refractivity (Wildman–Crippen MR) is 50.6 cm³/mol. The molecule has 0 aromatic rings. The molecule has 4 heteroatoms. The molecule has 1 unspecified atom stereocenters. The Morgan fingerprint density at radius 3 is 1.69 bits per heavy atom. The maximum absolute atomic E-state index is 11.2. The Hall–Kier alpha value is -1.06. The third kappa shape index (κ3) is 1.82. The zero-order valence-electron chi connectivity index (χ0n) is 8.46. The van der Waals surface area contributed by atoms with Crippen molar-refractivity contribution in [2.45, 2.75) is 33.6 Å². The van der Waals surface area contributed by atoms with Gasteiger partial charge in [0.25, 0.3) is 0 Å². The molecule has 1 atom stereocenters. The number of hydrogen-bond donors (Lipinski definition) is 2. The molecule has 0 fully saturated rings. The molecule has 0 bridgehead atoms. The maximum atomic E-state index is 11.2. The van der Waals surface area contributed by atoms with Crippen molar-refractivity contribution in [1.29, 1.82) is 0 Å². The summed E-state index contributed by atoms with van der Waals surface area (Å²) in [6.07, 6.45) is 1.08. The molecule has 0 saturated carbocycles. The molecule has 13 heavy (non-hydrogen) atoms. The van der Waals surface area contributed by atoms with Crippen LogP contribution in [0.2, 0.25) is 0 Å². The van der Waals surface area contributed by atoms with Gasteiger partial charge < -0.3 is 11.5 Å². The summed E-state index contributed by atoms with van der Waals surface area (Å²) in [7, 11) is 0. The molecule has 2 amide bonds. The summed E-state index contributed by atoms with van der Waals surface area (Å²) in [5, 5.41) is 0. The monoisotopic (exact) mass is 186 g/mol. The van der Waals surface area contributed by atoms with E-state index in [1.54, 1.807) is 6.92 Å². The average Bonchev–Trinajstić information content (AvgIpc) is 2.04. The maximum Gasteiger partial charge on any atom is 0.233 e. The van der Waals surface area contributed by atoms with Gasteiger partial charge in [-0.25, -0.2) is 0 Å². The highest BCUT2D eigenvalue weighted by atomic mass is 16.2. The molecule has 0 heterocycles. The van der Waals surface area contributed by atoms with Crippen LogP contribution in [0.1, 0.15) is 33.6 Å². The van der Waals surface area contributed by atoms with Gasteiger partial charge in [-0.15, -0.1) is 0 Å². The van der Waals surface area contributed by atoms with E-state index < -0.39 is 17.2 Å². The van der Waals surface area contributed by atoms with Gasteiger partial charge in [-0.05, 0) is 12.3 Å². The van der Waals surface area contributed by atoms with Gasteiger partial charge in [0.2, 0.25) is 11.8 Å². The minimum Gasteiger partial charge on any atom is -0.369 e. The number of primary amides is 2. The summed E-state index contributed by atoms with van der Waals surface area (Å²) in [5.74, 6) is -1.33. The van der Waals surface area contributed by atoms with Crippen molar-refractivity contribution in [2.75, 3.05) is 0 Å². The summed E-state index contributed by atoms with van der Waals surface area (Å²) in [5.41, 5.74) is 9.27. The molecule has 0 aromatic heterocycles. The first kappa shape index (κ1) is 11.9. The third-order valence-electron chi connectivity index (χ3n) is 2.89. The van der Waals surface area contributed by atoms with E-state index in [1.165, 1.54) is 0 Å². The van der Waals surface area contributed by atoms with Crippen LogP contribution in [0.15, 0.2) is 0 Å². The normalized spacial score (nSPS) is 13.8. The Labute approximate surface area is 78.7 Å². The van der Waals surface area contributed by atoms with Crippen molar-refractivity contribution in [3.8, 4) is 0 Å². The van der Waals surface area contributed by atoms with Crippen LogP contribution in [0.5, 0.6) is 0 Å². The van der Waals surface area contributed by atoms with Gasteiger partial charge in [-0.2, -0.15) is 0 Å². The molecule has 0 aliphatic heterocycles. The van der Waals surface area contributed by atoms with Gasteiger partial charge >= 0.3 is 0 Å². The SMILES string of the molecule is CCC(C)C(CC)(C(N)=O)C(N)=O. The zero-order chi connectivity index (χ0) is 10.6. The highest BCUT2D eigenvalue weighted by molar-refractivity contribution is 6.03. The minimum absolute atomic E-state index is 0.104. The van der Waals surface area contributed by atoms with Crippen molar-refractivity contribution in [3.63, 3.8) is 0 Å². The Kier molecular flexibility index (Phi) is 3.91. The number of rotatable bonds is 5. The first-order chi connectivity index (χ1) is 5.93. The second-order valence-electron chi connectivity index (χ2n) is 3.36. The Morgan fingerprint density at radius 1 is 1.23 bits per heavy atom. The second-order valence-corrected chi connectivity index (χ2v) is 3.36. The van der Waals surface area contributed by atoms with E-state index in [-0.39, 0.29) is 5.92 Å². The van der Waals surface area contributed by atoms with Crippen molar-refractivity contribution in [1.82, 2.24) is 0 Å². The standard InChI is InChI=1S/C9H18N2O2/c1-4-6(3)9(5-2,7(10)12)8(11)13/h6H,4-5H2,1-3H3,(H2,10,12)(H2,11,13). The highest BCUT2D eigenvalue weighted by Crippen LogP contribution is 2.33. The lowest BCUT2D eigenvalue weighted by atomic mass is 9.71. The summed E-state index contributed by atoms with van der Waals surface area (Å²) < 4.78 is 0. The summed E-state index contributed by atoms with van der Waals surface area (Å²) in [6, 6.07) is 0.